The minimum atomic E-state index is -0.737. The highest BCUT2D eigenvalue weighted by molar-refractivity contribution is 5.50. The third-order valence-electron chi connectivity index (χ3n) is 2.66. The van der Waals surface area contributed by atoms with Gasteiger partial charge in [-0.1, -0.05) is 6.07 Å². The van der Waals surface area contributed by atoms with Crippen LogP contribution >= 0.6 is 0 Å². The number of hydrazone groups is 1. The van der Waals surface area contributed by atoms with Gasteiger partial charge in [0.2, 0.25) is 0 Å². The molecule has 1 aliphatic rings. The van der Waals surface area contributed by atoms with Gasteiger partial charge in [-0.05, 0) is 6.07 Å². The van der Waals surface area contributed by atoms with Gasteiger partial charge in [-0.2, -0.15) is 5.10 Å². The van der Waals surface area contributed by atoms with Crippen LogP contribution in [0.1, 0.15) is 5.56 Å². The minimum absolute atomic E-state index is 0.345. The molecule has 0 radical (unpaired) electrons. The van der Waals surface area contributed by atoms with Gasteiger partial charge in [-0.25, -0.2) is 8.78 Å². The van der Waals surface area contributed by atoms with E-state index >= 15 is 0 Å². The van der Waals surface area contributed by atoms with E-state index in [1.807, 2.05) is 0 Å². The van der Waals surface area contributed by atoms with E-state index < -0.39 is 17.2 Å². The molecular formula is C11H13F2N3O. The Bertz CT molecular complexity index is 446. The summed E-state index contributed by atoms with van der Waals surface area (Å²) in [5.41, 5.74) is 4.77. The summed E-state index contributed by atoms with van der Waals surface area (Å²) in [5.74, 6) is -1.21. The van der Waals surface area contributed by atoms with E-state index in [1.54, 1.807) is 12.1 Å². The van der Waals surface area contributed by atoms with Crippen LogP contribution in [0.5, 0.6) is 0 Å². The van der Waals surface area contributed by atoms with Crippen LogP contribution in [0.15, 0.2) is 23.3 Å². The molecule has 0 saturated carbocycles. The maximum absolute atomic E-state index is 13.6. The molecule has 2 N–H and O–H groups in total. The summed E-state index contributed by atoms with van der Waals surface area (Å²) < 4.78 is 31.7. The zero-order chi connectivity index (χ0) is 12.5. The molecule has 0 aliphatic carbocycles. The average molecular weight is 241 g/mol. The quantitative estimate of drug-likeness (QED) is 0.370. The van der Waals surface area contributed by atoms with Crippen LogP contribution in [-0.4, -0.2) is 31.5 Å². The van der Waals surface area contributed by atoms with Crippen molar-refractivity contribution in [2.75, 3.05) is 20.2 Å². The SMILES string of the molecule is CN(CC1(c2ccc(F)cc2F)CO1)/N=C\N. The van der Waals surface area contributed by atoms with Gasteiger partial charge in [0.25, 0.3) is 0 Å². The van der Waals surface area contributed by atoms with Crippen LogP contribution < -0.4 is 5.73 Å². The van der Waals surface area contributed by atoms with Crippen LogP contribution in [0, 0.1) is 11.6 Å². The van der Waals surface area contributed by atoms with Gasteiger partial charge in [0.1, 0.15) is 23.6 Å². The maximum atomic E-state index is 13.6. The number of nitrogens with zero attached hydrogens (tertiary/aromatic N) is 2. The van der Waals surface area contributed by atoms with E-state index in [2.05, 4.69) is 5.10 Å². The van der Waals surface area contributed by atoms with Gasteiger partial charge in [-0.15, -0.1) is 0 Å². The van der Waals surface area contributed by atoms with Crippen molar-refractivity contribution in [3.8, 4) is 0 Å². The van der Waals surface area contributed by atoms with Crippen molar-refractivity contribution < 1.29 is 13.5 Å². The molecule has 0 bridgehead atoms. The van der Waals surface area contributed by atoms with Crippen molar-refractivity contribution in [1.82, 2.24) is 5.01 Å². The number of hydrogen-bond donors (Lipinski definition) is 1. The maximum Gasteiger partial charge on any atom is 0.138 e. The summed E-state index contributed by atoms with van der Waals surface area (Å²) in [6.45, 7) is 0.753. The fourth-order valence-corrected chi connectivity index (χ4v) is 1.80. The average Bonchev–Trinajstić information content (AvgIpc) is 2.98. The molecule has 0 aromatic heterocycles. The summed E-state index contributed by atoms with van der Waals surface area (Å²) in [6, 6.07) is 3.47. The highest BCUT2D eigenvalue weighted by Gasteiger charge is 2.49. The van der Waals surface area contributed by atoms with E-state index in [4.69, 9.17) is 10.5 Å². The second kappa shape index (κ2) is 4.29. The van der Waals surface area contributed by atoms with Gasteiger partial charge in [0, 0.05) is 18.7 Å². The molecule has 1 fully saturated rings. The van der Waals surface area contributed by atoms with E-state index in [9.17, 15) is 8.78 Å². The first-order chi connectivity index (χ1) is 8.07. The molecule has 1 aromatic carbocycles. The Morgan fingerprint density at radius 1 is 1.59 bits per heavy atom. The summed E-state index contributed by atoms with van der Waals surface area (Å²) in [7, 11) is 1.70. The van der Waals surface area contributed by atoms with Gasteiger partial charge in [0.05, 0.1) is 13.2 Å². The standard InChI is InChI=1S/C11H13F2N3O/c1-16(15-7-14)5-11(6-17-11)9-3-2-8(12)4-10(9)13/h2-4,7H,5-6H2,1H3,(H2,14,15). The van der Waals surface area contributed by atoms with Crippen molar-refractivity contribution >= 4 is 6.34 Å². The lowest BCUT2D eigenvalue weighted by atomic mass is 9.99. The lowest BCUT2D eigenvalue weighted by molar-refractivity contribution is 0.215. The molecule has 4 nitrogen and oxygen atoms in total. The Labute approximate surface area is 97.7 Å². The summed E-state index contributed by atoms with van der Waals surface area (Å²) in [4.78, 5) is 0. The highest BCUT2D eigenvalue weighted by Crippen LogP contribution is 2.40. The molecule has 1 saturated heterocycles. The molecule has 6 heteroatoms. The van der Waals surface area contributed by atoms with E-state index in [0.717, 1.165) is 12.4 Å². The van der Waals surface area contributed by atoms with Crippen molar-refractivity contribution in [2.45, 2.75) is 5.60 Å². The zero-order valence-electron chi connectivity index (χ0n) is 9.36. The fourth-order valence-electron chi connectivity index (χ4n) is 1.80. The lowest BCUT2D eigenvalue weighted by Crippen LogP contribution is -2.28. The van der Waals surface area contributed by atoms with Gasteiger partial charge in [0.15, 0.2) is 0 Å². The number of hydrogen-bond acceptors (Lipinski definition) is 3. The Morgan fingerprint density at radius 3 is 2.82 bits per heavy atom. The largest absolute Gasteiger partial charge is 0.388 e. The van der Waals surface area contributed by atoms with Crippen molar-refractivity contribution in [2.24, 2.45) is 10.8 Å². The lowest BCUT2D eigenvalue weighted by Gasteiger charge is -2.19. The number of halogens is 2. The zero-order valence-corrected chi connectivity index (χ0v) is 9.36. The number of ether oxygens (including phenoxy) is 1. The van der Waals surface area contributed by atoms with Crippen molar-refractivity contribution in [1.29, 1.82) is 0 Å². The third-order valence-corrected chi connectivity index (χ3v) is 2.66. The van der Waals surface area contributed by atoms with E-state index in [-0.39, 0.29) is 0 Å². The van der Waals surface area contributed by atoms with Crippen LogP contribution in [0.4, 0.5) is 8.78 Å². The smallest absolute Gasteiger partial charge is 0.138 e. The Morgan fingerprint density at radius 2 is 2.29 bits per heavy atom. The van der Waals surface area contributed by atoms with Crippen molar-refractivity contribution in [3.05, 3.63) is 35.4 Å². The monoisotopic (exact) mass is 241 g/mol. The summed E-state index contributed by atoms with van der Waals surface area (Å²) in [5, 5.41) is 5.38. The van der Waals surface area contributed by atoms with Crippen molar-refractivity contribution in [3.63, 3.8) is 0 Å². The first kappa shape index (κ1) is 11.8. The molecule has 0 spiro atoms. The second-order valence-electron chi connectivity index (χ2n) is 3.99. The molecule has 1 unspecified atom stereocenters. The van der Waals surface area contributed by atoms with Gasteiger partial charge in [-0.3, -0.25) is 5.01 Å². The predicted octanol–water partition coefficient (Wildman–Crippen LogP) is 1.02. The Hall–Kier alpha value is -1.69. The molecule has 0 amide bonds. The fraction of sp³-hybridized carbons (Fsp3) is 0.364. The Kier molecular flexibility index (Phi) is 2.97. The number of likely N-dealkylation sites (N-methyl/N-ethyl adjacent to an activating group) is 1. The Balaban J connectivity index is 2.21. The number of benzene rings is 1. The van der Waals surface area contributed by atoms with Gasteiger partial charge < -0.3 is 10.5 Å². The van der Waals surface area contributed by atoms with Crippen LogP contribution in [0.3, 0.4) is 0 Å². The number of epoxide rings is 1. The topological polar surface area (TPSA) is 54.1 Å². The number of nitrogens with two attached hydrogens (primary N) is 1. The molecule has 1 aromatic rings. The summed E-state index contributed by atoms with van der Waals surface area (Å²) >= 11 is 0. The normalized spacial score (nSPS) is 23.0. The first-order valence-corrected chi connectivity index (χ1v) is 5.12. The molecule has 1 heterocycles. The molecule has 92 valence electrons. The van der Waals surface area contributed by atoms with Crippen LogP contribution in [0.2, 0.25) is 0 Å². The first-order valence-electron chi connectivity index (χ1n) is 5.12. The second-order valence-corrected chi connectivity index (χ2v) is 3.99. The van der Waals surface area contributed by atoms with E-state index in [1.165, 1.54) is 12.1 Å². The van der Waals surface area contributed by atoms with Crippen LogP contribution in [0.25, 0.3) is 0 Å². The third kappa shape index (κ3) is 2.36. The van der Waals surface area contributed by atoms with Gasteiger partial charge >= 0.3 is 0 Å². The molecule has 2 rings (SSSR count). The highest BCUT2D eigenvalue weighted by atomic mass is 19.1. The summed E-state index contributed by atoms with van der Waals surface area (Å²) in [6.07, 6.45) is 1.15. The molecule has 1 aliphatic heterocycles. The predicted molar refractivity (Wildman–Crippen MR) is 59.3 cm³/mol. The van der Waals surface area contributed by atoms with E-state index in [0.29, 0.717) is 18.7 Å². The molecule has 17 heavy (non-hydrogen) atoms. The number of rotatable bonds is 4. The molecular weight excluding hydrogens is 228 g/mol. The minimum Gasteiger partial charge on any atom is -0.388 e. The van der Waals surface area contributed by atoms with Crippen LogP contribution in [-0.2, 0) is 10.3 Å². The molecule has 1 atom stereocenters.